The van der Waals surface area contributed by atoms with Crippen LogP contribution in [-0.2, 0) is 0 Å². The van der Waals surface area contributed by atoms with Gasteiger partial charge in [-0.25, -0.2) is 4.98 Å². The van der Waals surface area contributed by atoms with Gasteiger partial charge in [0.15, 0.2) is 11.5 Å². The predicted octanol–water partition coefficient (Wildman–Crippen LogP) is 2.01. The molecule has 1 aliphatic carbocycles. The summed E-state index contributed by atoms with van der Waals surface area (Å²) in [5, 5.41) is 8.45. The second-order valence-corrected chi connectivity index (χ2v) is 5.24. The first-order valence-electron chi connectivity index (χ1n) is 6.68. The van der Waals surface area contributed by atoms with Crippen molar-refractivity contribution in [1.29, 1.82) is 0 Å². The molecule has 2 heterocycles. The number of hydrogen-bond acceptors (Lipinski definition) is 4. The second-order valence-electron chi connectivity index (χ2n) is 5.24. The molecule has 5 heteroatoms. The third kappa shape index (κ3) is 1.99. The van der Waals surface area contributed by atoms with Gasteiger partial charge in [-0.2, -0.15) is 0 Å². The van der Waals surface area contributed by atoms with Crippen molar-refractivity contribution in [2.75, 3.05) is 0 Å². The highest BCUT2D eigenvalue weighted by Crippen LogP contribution is 2.32. The molecule has 1 saturated carbocycles. The van der Waals surface area contributed by atoms with Gasteiger partial charge in [0.25, 0.3) is 0 Å². The molecule has 0 aromatic carbocycles. The van der Waals surface area contributed by atoms with Crippen LogP contribution in [0.25, 0.3) is 5.65 Å². The van der Waals surface area contributed by atoms with Gasteiger partial charge in [0.2, 0.25) is 0 Å². The molecule has 2 N–H and O–H groups in total. The van der Waals surface area contributed by atoms with Crippen molar-refractivity contribution in [3.63, 3.8) is 0 Å². The Labute approximate surface area is 106 Å². The summed E-state index contributed by atoms with van der Waals surface area (Å²) in [6.45, 7) is 1.95. The van der Waals surface area contributed by atoms with Gasteiger partial charge in [0.05, 0.1) is 6.04 Å². The van der Waals surface area contributed by atoms with Crippen LogP contribution in [0.15, 0.2) is 12.4 Å². The number of aryl methyl sites for hydroxylation is 1. The van der Waals surface area contributed by atoms with Crippen molar-refractivity contribution in [3.8, 4) is 0 Å². The van der Waals surface area contributed by atoms with E-state index < -0.39 is 0 Å². The standard InChI is InChI=1S/C13H19N5/c1-9-7-11-16-17-13(18(11)8-15-9)12(14)10-5-3-2-4-6-10/h7-8,10,12H,2-6,14H2,1H3. The lowest BCUT2D eigenvalue weighted by atomic mass is 9.84. The molecular weight excluding hydrogens is 226 g/mol. The van der Waals surface area contributed by atoms with Crippen LogP contribution in [-0.4, -0.2) is 19.6 Å². The molecule has 96 valence electrons. The van der Waals surface area contributed by atoms with Crippen LogP contribution in [0, 0.1) is 12.8 Å². The molecule has 0 saturated heterocycles. The lowest BCUT2D eigenvalue weighted by Crippen LogP contribution is -2.25. The van der Waals surface area contributed by atoms with Crippen LogP contribution < -0.4 is 5.73 Å². The zero-order chi connectivity index (χ0) is 12.5. The van der Waals surface area contributed by atoms with Gasteiger partial charge in [-0.05, 0) is 25.7 Å². The van der Waals surface area contributed by atoms with E-state index in [1.165, 1.54) is 32.1 Å². The molecule has 2 aromatic heterocycles. The molecular formula is C13H19N5. The minimum atomic E-state index is -0.0233. The van der Waals surface area contributed by atoms with E-state index in [9.17, 15) is 0 Å². The van der Waals surface area contributed by atoms with Crippen LogP contribution in [0.3, 0.4) is 0 Å². The molecule has 1 atom stereocenters. The van der Waals surface area contributed by atoms with E-state index in [1.807, 2.05) is 17.4 Å². The maximum absolute atomic E-state index is 6.37. The Morgan fingerprint density at radius 2 is 2.06 bits per heavy atom. The summed E-state index contributed by atoms with van der Waals surface area (Å²) >= 11 is 0. The van der Waals surface area contributed by atoms with Crippen molar-refractivity contribution in [2.24, 2.45) is 11.7 Å². The average molecular weight is 245 g/mol. The minimum Gasteiger partial charge on any atom is -0.321 e. The van der Waals surface area contributed by atoms with Crippen molar-refractivity contribution >= 4 is 5.65 Å². The summed E-state index contributed by atoms with van der Waals surface area (Å²) in [6, 6.07) is 1.91. The number of nitrogens with zero attached hydrogens (tertiary/aromatic N) is 4. The Kier molecular flexibility index (Phi) is 2.99. The van der Waals surface area contributed by atoms with Gasteiger partial charge in [-0.1, -0.05) is 19.3 Å². The van der Waals surface area contributed by atoms with Crippen molar-refractivity contribution in [1.82, 2.24) is 19.6 Å². The molecule has 18 heavy (non-hydrogen) atoms. The normalized spacial score (nSPS) is 19.2. The van der Waals surface area contributed by atoms with E-state index in [1.54, 1.807) is 6.33 Å². The number of aromatic nitrogens is 4. The van der Waals surface area contributed by atoms with Crippen LogP contribution in [0.1, 0.15) is 49.7 Å². The van der Waals surface area contributed by atoms with Crippen LogP contribution in [0.5, 0.6) is 0 Å². The molecule has 0 aliphatic heterocycles. The Hall–Kier alpha value is -1.49. The molecule has 1 fully saturated rings. The van der Waals surface area contributed by atoms with E-state index in [0.717, 1.165) is 17.2 Å². The Balaban J connectivity index is 1.93. The summed E-state index contributed by atoms with van der Waals surface area (Å²) in [4.78, 5) is 4.30. The van der Waals surface area contributed by atoms with Crippen molar-refractivity contribution < 1.29 is 0 Å². The summed E-state index contributed by atoms with van der Waals surface area (Å²) < 4.78 is 1.92. The Morgan fingerprint density at radius 1 is 1.28 bits per heavy atom. The average Bonchev–Trinajstić information content (AvgIpc) is 2.81. The molecule has 0 spiro atoms. The summed E-state index contributed by atoms with van der Waals surface area (Å²) in [7, 11) is 0. The van der Waals surface area contributed by atoms with E-state index in [0.29, 0.717) is 5.92 Å². The maximum atomic E-state index is 6.37. The van der Waals surface area contributed by atoms with Gasteiger partial charge in [-0.15, -0.1) is 10.2 Å². The molecule has 0 amide bonds. The first-order valence-corrected chi connectivity index (χ1v) is 6.68. The molecule has 5 nitrogen and oxygen atoms in total. The van der Waals surface area contributed by atoms with E-state index in [2.05, 4.69) is 15.2 Å². The Morgan fingerprint density at radius 3 is 2.83 bits per heavy atom. The number of hydrogen-bond donors (Lipinski definition) is 1. The maximum Gasteiger partial charge on any atom is 0.163 e. The fourth-order valence-corrected chi connectivity index (χ4v) is 2.84. The number of fused-ring (bicyclic) bond motifs is 1. The highest BCUT2D eigenvalue weighted by Gasteiger charge is 2.25. The first-order chi connectivity index (χ1) is 8.75. The molecule has 3 rings (SSSR count). The third-order valence-corrected chi connectivity index (χ3v) is 3.92. The van der Waals surface area contributed by atoms with E-state index in [-0.39, 0.29) is 6.04 Å². The molecule has 2 aromatic rings. The fourth-order valence-electron chi connectivity index (χ4n) is 2.84. The monoisotopic (exact) mass is 245 g/mol. The highest BCUT2D eigenvalue weighted by atomic mass is 15.3. The molecule has 1 unspecified atom stereocenters. The van der Waals surface area contributed by atoms with Crippen LogP contribution >= 0.6 is 0 Å². The van der Waals surface area contributed by atoms with E-state index in [4.69, 9.17) is 5.73 Å². The lowest BCUT2D eigenvalue weighted by Gasteiger charge is -2.26. The number of nitrogens with two attached hydrogens (primary N) is 1. The second kappa shape index (κ2) is 4.65. The summed E-state index contributed by atoms with van der Waals surface area (Å²) in [6.07, 6.45) is 8.09. The predicted molar refractivity (Wildman–Crippen MR) is 69.0 cm³/mol. The summed E-state index contributed by atoms with van der Waals surface area (Å²) in [5.74, 6) is 1.39. The topological polar surface area (TPSA) is 69.1 Å². The van der Waals surface area contributed by atoms with Crippen LogP contribution in [0.4, 0.5) is 0 Å². The van der Waals surface area contributed by atoms with Crippen molar-refractivity contribution in [2.45, 2.75) is 45.1 Å². The molecule has 0 bridgehead atoms. The quantitative estimate of drug-likeness (QED) is 0.878. The SMILES string of the molecule is Cc1cc2nnc(C(N)C3CCCCC3)n2cn1. The zero-order valence-corrected chi connectivity index (χ0v) is 10.7. The van der Waals surface area contributed by atoms with Gasteiger partial charge >= 0.3 is 0 Å². The minimum absolute atomic E-state index is 0.0233. The van der Waals surface area contributed by atoms with E-state index >= 15 is 0 Å². The molecule has 1 aliphatic rings. The smallest absolute Gasteiger partial charge is 0.163 e. The Bertz CT molecular complexity index is 541. The zero-order valence-electron chi connectivity index (χ0n) is 10.7. The van der Waals surface area contributed by atoms with Gasteiger partial charge in [0.1, 0.15) is 6.33 Å². The third-order valence-electron chi connectivity index (χ3n) is 3.92. The largest absolute Gasteiger partial charge is 0.321 e. The first kappa shape index (κ1) is 11.6. The van der Waals surface area contributed by atoms with Gasteiger partial charge in [-0.3, -0.25) is 4.40 Å². The van der Waals surface area contributed by atoms with Crippen LogP contribution in [0.2, 0.25) is 0 Å². The van der Waals surface area contributed by atoms with Gasteiger partial charge < -0.3 is 5.73 Å². The molecule has 0 radical (unpaired) electrons. The number of rotatable bonds is 2. The van der Waals surface area contributed by atoms with Gasteiger partial charge in [0, 0.05) is 11.8 Å². The fraction of sp³-hybridized carbons (Fsp3) is 0.615. The van der Waals surface area contributed by atoms with Crippen molar-refractivity contribution in [3.05, 3.63) is 23.9 Å². The summed E-state index contributed by atoms with van der Waals surface area (Å²) in [5.41, 5.74) is 8.16. The highest BCUT2D eigenvalue weighted by molar-refractivity contribution is 5.38. The lowest BCUT2D eigenvalue weighted by molar-refractivity contribution is 0.299.